The van der Waals surface area contributed by atoms with E-state index in [1.54, 1.807) is 34.0 Å². The number of nitrogens with zero attached hydrogens (tertiary/aromatic N) is 5. The molecule has 0 fully saturated rings. The first-order chi connectivity index (χ1) is 13.6. The van der Waals surface area contributed by atoms with E-state index in [0.717, 1.165) is 10.0 Å². The number of halogens is 1. The van der Waals surface area contributed by atoms with Crippen molar-refractivity contribution in [2.75, 3.05) is 5.32 Å². The quantitative estimate of drug-likeness (QED) is 0.515. The van der Waals surface area contributed by atoms with E-state index < -0.39 is 0 Å². The molecule has 0 saturated heterocycles. The average Bonchev–Trinajstić information content (AvgIpc) is 3.30. The fraction of sp³-hybridized carbons (Fsp3) is 0.100. The van der Waals surface area contributed by atoms with E-state index in [2.05, 4.69) is 36.4 Å². The summed E-state index contributed by atoms with van der Waals surface area (Å²) < 4.78 is 4.39. The molecule has 1 N–H and O–H groups in total. The van der Waals surface area contributed by atoms with Gasteiger partial charge in [0.15, 0.2) is 5.82 Å². The molecule has 0 unspecified atom stereocenters. The summed E-state index contributed by atoms with van der Waals surface area (Å²) in [6, 6.07) is 15.2. The van der Waals surface area contributed by atoms with E-state index in [4.69, 9.17) is 0 Å². The molecule has 0 aliphatic heterocycles. The fourth-order valence-corrected chi connectivity index (χ4v) is 3.29. The van der Waals surface area contributed by atoms with Crippen molar-refractivity contribution >= 4 is 27.7 Å². The molecule has 0 saturated carbocycles. The third-order valence-electron chi connectivity index (χ3n) is 4.36. The molecule has 0 radical (unpaired) electrons. The van der Waals surface area contributed by atoms with Crippen molar-refractivity contribution in [1.82, 2.24) is 24.5 Å². The van der Waals surface area contributed by atoms with Crippen LogP contribution in [0.3, 0.4) is 0 Å². The lowest BCUT2D eigenvalue weighted by Crippen LogP contribution is -2.17. The highest BCUT2D eigenvalue weighted by molar-refractivity contribution is 9.10. The highest BCUT2D eigenvalue weighted by Crippen LogP contribution is 2.20. The van der Waals surface area contributed by atoms with Crippen LogP contribution < -0.4 is 5.32 Å². The Bertz CT molecular complexity index is 1120. The van der Waals surface area contributed by atoms with Gasteiger partial charge in [0, 0.05) is 16.7 Å². The molecule has 1 aromatic carbocycles. The SMILES string of the molecule is Cc1c(C(=O)Nc2ccnn2Cc2ccccc2Br)cnn1-c1ccccn1. The van der Waals surface area contributed by atoms with Crippen LogP contribution in [0, 0.1) is 6.92 Å². The molecule has 0 bridgehead atoms. The van der Waals surface area contributed by atoms with Crippen LogP contribution in [-0.4, -0.2) is 30.5 Å². The zero-order valence-electron chi connectivity index (χ0n) is 15.1. The highest BCUT2D eigenvalue weighted by Gasteiger charge is 2.17. The predicted octanol–water partition coefficient (Wildman–Crippen LogP) is 3.84. The van der Waals surface area contributed by atoms with Crippen LogP contribution in [-0.2, 0) is 6.54 Å². The zero-order valence-corrected chi connectivity index (χ0v) is 16.7. The summed E-state index contributed by atoms with van der Waals surface area (Å²) in [6.07, 6.45) is 4.90. The minimum atomic E-state index is -0.242. The third-order valence-corrected chi connectivity index (χ3v) is 5.13. The molecule has 0 atom stereocenters. The fourth-order valence-electron chi connectivity index (χ4n) is 2.88. The van der Waals surface area contributed by atoms with Gasteiger partial charge in [0.1, 0.15) is 5.82 Å². The number of pyridine rings is 1. The van der Waals surface area contributed by atoms with Gasteiger partial charge in [0.05, 0.1) is 30.2 Å². The Labute approximate surface area is 170 Å². The summed E-state index contributed by atoms with van der Waals surface area (Å²) in [6.45, 7) is 2.38. The molecule has 0 aliphatic rings. The van der Waals surface area contributed by atoms with E-state index in [1.807, 2.05) is 49.4 Å². The van der Waals surface area contributed by atoms with Crippen LogP contribution in [0.4, 0.5) is 5.82 Å². The number of hydrogen-bond acceptors (Lipinski definition) is 4. The van der Waals surface area contributed by atoms with Crippen molar-refractivity contribution in [3.8, 4) is 5.82 Å². The summed E-state index contributed by atoms with van der Waals surface area (Å²) >= 11 is 3.54. The van der Waals surface area contributed by atoms with Crippen LogP contribution in [0.5, 0.6) is 0 Å². The zero-order chi connectivity index (χ0) is 19.5. The van der Waals surface area contributed by atoms with E-state index in [9.17, 15) is 4.79 Å². The summed E-state index contributed by atoms with van der Waals surface area (Å²) in [5.41, 5.74) is 2.27. The first kappa shape index (κ1) is 18.1. The lowest BCUT2D eigenvalue weighted by atomic mass is 10.2. The third kappa shape index (κ3) is 3.59. The largest absolute Gasteiger partial charge is 0.307 e. The monoisotopic (exact) mass is 436 g/mol. The van der Waals surface area contributed by atoms with Crippen LogP contribution >= 0.6 is 15.9 Å². The van der Waals surface area contributed by atoms with E-state index in [-0.39, 0.29) is 5.91 Å². The molecule has 7 nitrogen and oxygen atoms in total. The van der Waals surface area contributed by atoms with Crippen LogP contribution in [0.15, 0.2) is 71.6 Å². The van der Waals surface area contributed by atoms with Crippen molar-refractivity contribution in [3.05, 3.63) is 88.4 Å². The van der Waals surface area contributed by atoms with Crippen molar-refractivity contribution in [2.24, 2.45) is 0 Å². The van der Waals surface area contributed by atoms with Gasteiger partial charge in [-0.2, -0.15) is 10.2 Å². The highest BCUT2D eigenvalue weighted by atomic mass is 79.9. The van der Waals surface area contributed by atoms with Gasteiger partial charge in [-0.3, -0.25) is 4.79 Å². The lowest BCUT2D eigenvalue weighted by molar-refractivity contribution is 0.102. The van der Waals surface area contributed by atoms with Crippen molar-refractivity contribution in [3.63, 3.8) is 0 Å². The van der Waals surface area contributed by atoms with Crippen molar-refractivity contribution in [1.29, 1.82) is 0 Å². The Kier molecular flexibility index (Phi) is 5.03. The smallest absolute Gasteiger partial charge is 0.260 e. The molecule has 4 rings (SSSR count). The van der Waals surface area contributed by atoms with Gasteiger partial charge in [-0.15, -0.1) is 0 Å². The van der Waals surface area contributed by atoms with Gasteiger partial charge >= 0.3 is 0 Å². The maximum Gasteiger partial charge on any atom is 0.260 e. The molecule has 140 valence electrons. The van der Waals surface area contributed by atoms with Crippen molar-refractivity contribution in [2.45, 2.75) is 13.5 Å². The molecule has 0 spiro atoms. The molecule has 4 aromatic rings. The summed E-state index contributed by atoms with van der Waals surface area (Å²) in [7, 11) is 0. The number of amides is 1. The molecule has 1 amide bonds. The van der Waals surface area contributed by atoms with Gasteiger partial charge in [-0.1, -0.05) is 40.2 Å². The van der Waals surface area contributed by atoms with Crippen LogP contribution in [0.2, 0.25) is 0 Å². The Morgan fingerprint density at radius 1 is 1.07 bits per heavy atom. The Balaban J connectivity index is 1.55. The van der Waals surface area contributed by atoms with Gasteiger partial charge in [-0.05, 0) is 30.7 Å². The van der Waals surface area contributed by atoms with Crippen LogP contribution in [0.1, 0.15) is 21.6 Å². The van der Waals surface area contributed by atoms with Gasteiger partial charge in [-0.25, -0.2) is 14.3 Å². The van der Waals surface area contributed by atoms with Crippen LogP contribution in [0.25, 0.3) is 5.82 Å². The van der Waals surface area contributed by atoms with Crippen molar-refractivity contribution < 1.29 is 4.79 Å². The molecule has 28 heavy (non-hydrogen) atoms. The first-order valence-electron chi connectivity index (χ1n) is 8.66. The lowest BCUT2D eigenvalue weighted by Gasteiger charge is -2.10. The van der Waals surface area contributed by atoms with E-state index in [1.165, 1.54) is 0 Å². The number of carbonyl (C=O) groups excluding carboxylic acids is 1. The second-order valence-corrected chi connectivity index (χ2v) is 7.02. The summed E-state index contributed by atoms with van der Waals surface area (Å²) in [4.78, 5) is 17.1. The minimum Gasteiger partial charge on any atom is -0.307 e. The number of nitrogens with one attached hydrogen (secondary N) is 1. The average molecular weight is 437 g/mol. The summed E-state index contributed by atoms with van der Waals surface area (Å²) in [5, 5.41) is 11.6. The number of hydrogen-bond donors (Lipinski definition) is 1. The second-order valence-electron chi connectivity index (χ2n) is 6.16. The Morgan fingerprint density at radius 3 is 2.68 bits per heavy atom. The number of benzene rings is 1. The molecule has 8 heteroatoms. The topological polar surface area (TPSA) is 77.6 Å². The molecule has 3 heterocycles. The maximum absolute atomic E-state index is 12.8. The molecular formula is C20H17BrN6O. The number of carbonyl (C=O) groups is 1. The Hall–Kier alpha value is -3.26. The Morgan fingerprint density at radius 2 is 1.89 bits per heavy atom. The minimum absolute atomic E-state index is 0.242. The second kappa shape index (κ2) is 7.77. The van der Waals surface area contributed by atoms with Gasteiger partial charge < -0.3 is 5.32 Å². The normalized spacial score (nSPS) is 10.8. The number of rotatable bonds is 5. The molecule has 3 aromatic heterocycles. The first-order valence-corrected chi connectivity index (χ1v) is 9.45. The molecule has 0 aliphatic carbocycles. The van der Waals surface area contributed by atoms with E-state index in [0.29, 0.717) is 29.4 Å². The standard InChI is InChI=1S/C20H17BrN6O/c1-14-16(12-24-27(14)18-8-4-5-10-22-18)20(28)25-19-9-11-23-26(19)13-15-6-2-3-7-17(15)21/h2-12H,13H2,1H3,(H,25,28). The summed E-state index contributed by atoms with van der Waals surface area (Å²) in [5.74, 6) is 1.04. The molecular weight excluding hydrogens is 420 g/mol. The number of anilines is 1. The van der Waals surface area contributed by atoms with Gasteiger partial charge in [0.2, 0.25) is 0 Å². The number of aromatic nitrogens is 5. The van der Waals surface area contributed by atoms with Gasteiger partial charge in [0.25, 0.3) is 5.91 Å². The maximum atomic E-state index is 12.8. The van der Waals surface area contributed by atoms with E-state index >= 15 is 0 Å². The predicted molar refractivity (Wildman–Crippen MR) is 110 cm³/mol.